The molecule has 5 nitrogen and oxygen atoms in total. The molecule has 1 unspecified atom stereocenters. The molecule has 0 bridgehead atoms. The molecule has 0 saturated carbocycles. The van der Waals surface area contributed by atoms with E-state index in [1.807, 2.05) is 4.90 Å². The Labute approximate surface area is 98.6 Å². The summed E-state index contributed by atoms with van der Waals surface area (Å²) in [4.78, 5) is 18.8. The van der Waals surface area contributed by atoms with Crippen LogP contribution in [0.3, 0.4) is 0 Å². The summed E-state index contributed by atoms with van der Waals surface area (Å²) >= 11 is 1.49. The lowest BCUT2D eigenvalue weighted by molar-refractivity contribution is -0.128. The Morgan fingerprint density at radius 1 is 1.75 bits per heavy atom. The van der Waals surface area contributed by atoms with Gasteiger partial charge in [-0.1, -0.05) is 24.7 Å². The minimum absolute atomic E-state index is 0.252. The molecule has 0 radical (unpaired) electrons. The maximum absolute atomic E-state index is 11.7. The Bertz CT molecular complexity index is 379. The van der Waals surface area contributed by atoms with E-state index in [1.54, 1.807) is 6.20 Å². The zero-order valence-electron chi connectivity index (χ0n) is 9.27. The van der Waals surface area contributed by atoms with Gasteiger partial charge >= 0.3 is 0 Å². The van der Waals surface area contributed by atoms with Gasteiger partial charge in [-0.3, -0.25) is 10.2 Å². The van der Waals surface area contributed by atoms with Crippen molar-refractivity contribution < 1.29 is 4.79 Å². The van der Waals surface area contributed by atoms with Gasteiger partial charge in [-0.2, -0.15) is 0 Å². The van der Waals surface area contributed by atoms with Gasteiger partial charge in [0.1, 0.15) is 0 Å². The van der Waals surface area contributed by atoms with Crippen LogP contribution in [0.15, 0.2) is 6.20 Å². The number of hydrazine groups is 1. The largest absolute Gasteiger partial charge is 0.337 e. The van der Waals surface area contributed by atoms with Gasteiger partial charge in [0.05, 0.1) is 6.54 Å². The van der Waals surface area contributed by atoms with Crippen molar-refractivity contribution in [2.45, 2.75) is 26.3 Å². The molecule has 6 heteroatoms. The van der Waals surface area contributed by atoms with Crippen LogP contribution in [0.5, 0.6) is 0 Å². The molecular weight excluding hydrogens is 224 g/mol. The smallest absolute Gasteiger partial charge is 0.223 e. The van der Waals surface area contributed by atoms with E-state index < -0.39 is 0 Å². The lowest BCUT2D eigenvalue weighted by Gasteiger charge is -2.14. The van der Waals surface area contributed by atoms with Gasteiger partial charge in [0.25, 0.3) is 0 Å². The molecular formula is C10H16N4OS. The Hall–Kier alpha value is -1.14. The van der Waals surface area contributed by atoms with Crippen LogP contribution in [0.25, 0.3) is 0 Å². The van der Waals surface area contributed by atoms with E-state index in [0.717, 1.165) is 17.8 Å². The van der Waals surface area contributed by atoms with Crippen molar-refractivity contribution in [1.29, 1.82) is 0 Å². The van der Waals surface area contributed by atoms with E-state index in [2.05, 4.69) is 17.3 Å². The molecule has 2 rings (SSSR count). The Morgan fingerprint density at radius 2 is 2.56 bits per heavy atom. The highest BCUT2D eigenvalue weighted by atomic mass is 32.1. The highest BCUT2D eigenvalue weighted by molar-refractivity contribution is 7.15. The van der Waals surface area contributed by atoms with Crippen LogP contribution in [0.2, 0.25) is 0 Å². The number of hydrogen-bond acceptors (Lipinski definition) is 5. The zero-order chi connectivity index (χ0) is 11.5. The number of rotatable bonds is 4. The van der Waals surface area contributed by atoms with Crippen molar-refractivity contribution >= 4 is 22.4 Å². The lowest BCUT2D eigenvalue weighted by Crippen LogP contribution is -2.24. The number of hydrogen-bond donors (Lipinski definition) is 2. The van der Waals surface area contributed by atoms with Crippen LogP contribution in [-0.4, -0.2) is 22.3 Å². The summed E-state index contributed by atoms with van der Waals surface area (Å²) in [6.07, 6.45) is 3.53. The van der Waals surface area contributed by atoms with Crippen molar-refractivity contribution in [3.8, 4) is 0 Å². The number of likely N-dealkylation sites (tertiary alicyclic amines) is 1. The van der Waals surface area contributed by atoms with Crippen LogP contribution in [0.1, 0.15) is 24.6 Å². The molecule has 1 saturated heterocycles. The van der Waals surface area contributed by atoms with Crippen LogP contribution in [0, 0.1) is 5.92 Å². The fourth-order valence-electron chi connectivity index (χ4n) is 1.92. The third-order valence-electron chi connectivity index (χ3n) is 2.90. The van der Waals surface area contributed by atoms with Crippen LogP contribution >= 0.6 is 11.3 Å². The van der Waals surface area contributed by atoms with E-state index >= 15 is 0 Å². The first-order valence-electron chi connectivity index (χ1n) is 5.42. The van der Waals surface area contributed by atoms with Gasteiger partial charge in [-0.15, -0.1) is 0 Å². The second-order valence-electron chi connectivity index (χ2n) is 4.03. The Morgan fingerprint density at radius 3 is 3.12 bits per heavy atom. The maximum Gasteiger partial charge on any atom is 0.223 e. The molecule has 3 N–H and O–H groups in total. The molecule has 16 heavy (non-hydrogen) atoms. The standard InChI is InChI=1S/C10H16N4OS/c1-2-7-3-9(15)14(5-7)6-8-4-12-10(13-11)16-8/h4,7H,2-3,5-6,11H2,1H3,(H,12,13). The average Bonchev–Trinajstić information content (AvgIpc) is 2.87. The SMILES string of the molecule is CCC1CC(=O)N(Cc2cnc(NN)s2)C1. The highest BCUT2D eigenvalue weighted by Gasteiger charge is 2.28. The number of nitrogens with one attached hydrogen (secondary N) is 1. The van der Waals surface area contributed by atoms with Crippen molar-refractivity contribution in [3.05, 3.63) is 11.1 Å². The first kappa shape index (κ1) is 11.3. The fraction of sp³-hybridized carbons (Fsp3) is 0.600. The van der Waals surface area contributed by atoms with Gasteiger partial charge in [0, 0.05) is 24.0 Å². The number of nitrogens with two attached hydrogens (primary N) is 1. The highest BCUT2D eigenvalue weighted by Crippen LogP contribution is 2.25. The molecule has 1 aromatic heterocycles. The lowest BCUT2D eigenvalue weighted by atomic mass is 10.1. The van der Waals surface area contributed by atoms with Crippen LogP contribution < -0.4 is 11.3 Å². The number of thiazole rings is 1. The minimum Gasteiger partial charge on any atom is -0.337 e. The molecule has 0 aromatic carbocycles. The number of nitrogen functional groups attached to an aromatic ring is 1. The fourth-order valence-corrected chi connectivity index (χ4v) is 2.65. The van der Waals surface area contributed by atoms with Gasteiger partial charge in [-0.05, 0) is 5.92 Å². The molecule has 1 amide bonds. The average molecular weight is 240 g/mol. The van der Waals surface area contributed by atoms with Crippen LogP contribution in [-0.2, 0) is 11.3 Å². The normalized spacial score (nSPS) is 20.5. The van der Waals surface area contributed by atoms with Crippen molar-refractivity contribution in [2.75, 3.05) is 12.0 Å². The second kappa shape index (κ2) is 4.80. The van der Waals surface area contributed by atoms with Gasteiger partial charge in [0.15, 0.2) is 5.13 Å². The molecule has 1 atom stereocenters. The van der Waals surface area contributed by atoms with Crippen molar-refractivity contribution in [3.63, 3.8) is 0 Å². The molecule has 88 valence electrons. The minimum atomic E-state index is 0.252. The summed E-state index contributed by atoms with van der Waals surface area (Å²) in [6, 6.07) is 0. The number of amides is 1. The third-order valence-corrected chi connectivity index (χ3v) is 3.81. The summed E-state index contributed by atoms with van der Waals surface area (Å²) in [5.41, 5.74) is 2.51. The number of nitrogens with zero attached hydrogens (tertiary/aromatic N) is 2. The molecule has 2 heterocycles. The van der Waals surface area contributed by atoms with E-state index in [-0.39, 0.29) is 5.91 Å². The Balaban J connectivity index is 1.97. The maximum atomic E-state index is 11.7. The third kappa shape index (κ3) is 2.33. The first-order valence-corrected chi connectivity index (χ1v) is 6.23. The molecule has 0 aliphatic carbocycles. The van der Waals surface area contributed by atoms with Crippen molar-refractivity contribution in [1.82, 2.24) is 9.88 Å². The summed E-state index contributed by atoms with van der Waals surface area (Å²) in [7, 11) is 0. The van der Waals surface area contributed by atoms with E-state index in [0.29, 0.717) is 24.0 Å². The molecule has 1 aliphatic heterocycles. The van der Waals surface area contributed by atoms with Gasteiger partial charge < -0.3 is 4.90 Å². The number of carbonyl (C=O) groups excluding carboxylic acids is 1. The molecule has 1 aliphatic rings. The predicted octanol–water partition coefficient (Wildman–Crippen LogP) is 1.19. The Kier molecular flexibility index (Phi) is 3.40. The number of anilines is 1. The predicted molar refractivity (Wildman–Crippen MR) is 63.7 cm³/mol. The summed E-state index contributed by atoms with van der Waals surface area (Å²) in [5.74, 6) is 6.03. The number of carbonyl (C=O) groups is 1. The number of aromatic nitrogens is 1. The van der Waals surface area contributed by atoms with Gasteiger partial charge in [-0.25, -0.2) is 10.8 Å². The quantitative estimate of drug-likeness (QED) is 0.612. The second-order valence-corrected chi connectivity index (χ2v) is 5.14. The van der Waals surface area contributed by atoms with Crippen LogP contribution in [0.4, 0.5) is 5.13 Å². The monoisotopic (exact) mass is 240 g/mol. The molecule has 0 spiro atoms. The summed E-state index contributed by atoms with van der Waals surface area (Å²) in [5, 5.41) is 0.689. The van der Waals surface area contributed by atoms with Crippen molar-refractivity contribution in [2.24, 2.45) is 11.8 Å². The molecule has 1 fully saturated rings. The summed E-state index contributed by atoms with van der Waals surface area (Å²) < 4.78 is 0. The van der Waals surface area contributed by atoms with E-state index in [4.69, 9.17) is 5.84 Å². The van der Waals surface area contributed by atoms with E-state index in [9.17, 15) is 4.79 Å². The zero-order valence-corrected chi connectivity index (χ0v) is 10.1. The topological polar surface area (TPSA) is 71.2 Å². The molecule has 1 aromatic rings. The summed E-state index contributed by atoms with van der Waals surface area (Å²) in [6.45, 7) is 3.66. The van der Waals surface area contributed by atoms with E-state index in [1.165, 1.54) is 11.3 Å². The first-order chi connectivity index (χ1) is 7.72. The van der Waals surface area contributed by atoms with Gasteiger partial charge in [0.2, 0.25) is 5.91 Å².